The molecule has 1 nitrogen and oxygen atoms in total. The summed E-state index contributed by atoms with van der Waals surface area (Å²) in [6.07, 6.45) is 0. The van der Waals surface area contributed by atoms with Crippen LogP contribution in [0.4, 0.5) is 0 Å². The van der Waals surface area contributed by atoms with Gasteiger partial charge in [0, 0.05) is 10.8 Å². The zero-order chi connectivity index (χ0) is 12.0. The number of benzene rings is 2. The van der Waals surface area contributed by atoms with Gasteiger partial charge in [-0.15, -0.1) is 0 Å². The number of para-hydroxylation sites is 1. The van der Waals surface area contributed by atoms with E-state index in [0.29, 0.717) is 5.92 Å². The van der Waals surface area contributed by atoms with E-state index in [-0.39, 0.29) is 0 Å². The topological polar surface area (TPSA) is 4.93 Å². The molecule has 0 radical (unpaired) electrons. The molecule has 17 heavy (non-hydrogen) atoms. The first-order valence-electron chi connectivity index (χ1n) is 5.88. The van der Waals surface area contributed by atoms with Crippen molar-refractivity contribution in [1.82, 2.24) is 2.78 Å². The van der Waals surface area contributed by atoms with E-state index >= 15 is 0 Å². The SMILES string of the molecule is CC(C)c1ccc2c(c1)c1ccccc1n2I. The number of fused-ring (bicyclic) bond motifs is 3. The molecule has 1 heterocycles. The fraction of sp³-hybridized carbons (Fsp3) is 0.200. The lowest BCUT2D eigenvalue weighted by Gasteiger charge is -2.05. The second-order valence-corrected chi connectivity index (χ2v) is 5.69. The number of hydrogen-bond acceptors (Lipinski definition) is 0. The predicted octanol–water partition coefficient (Wildman–Crippen LogP) is 5.12. The molecule has 0 amide bonds. The van der Waals surface area contributed by atoms with Crippen LogP contribution in [0, 0.1) is 0 Å². The minimum Gasteiger partial charge on any atom is -0.282 e. The quantitative estimate of drug-likeness (QED) is 0.544. The number of halogens is 1. The lowest BCUT2D eigenvalue weighted by atomic mass is 10.0. The van der Waals surface area contributed by atoms with Crippen LogP contribution in [-0.4, -0.2) is 2.78 Å². The van der Waals surface area contributed by atoms with Gasteiger partial charge in [0.15, 0.2) is 0 Å². The highest BCUT2D eigenvalue weighted by molar-refractivity contribution is 14.1. The summed E-state index contributed by atoms with van der Waals surface area (Å²) in [4.78, 5) is 0. The zero-order valence-electron chi connectivity index (χ0n) is 9.94. The number of rotatable bonds is 1. The van der Waals surface area contributed by atoms with Crippen molar-refractivity contribution in [2.75, 3.05) is 0 Å². The third kappa shape index (κ3) is 1.66. The zero-order valence-corrected chi connectivity index (χ0v) is 12.1. The lowest BCUT2D eigenvalue weighted by molar-refractivity contribution is 0.869. The summed E-state index contributed by atoms with van der Waals surface area (Å²) in [6, 6.07) is 15.4. The number of hydrogen-bond donors (Lipinski definition) is 0. The van der Waals surface area contributed by atoms with Gasteiger partial charge in [-0.3, -0.25) is 2.78 Å². The maximum atomic E-state index is 2.38. The summed E-state index contributed by atoms with van der Waals surface area (Å²) < 4.78 is 2.24. The molecular formula is C15H14IN. The molecule has 0 saturated carbocycles. The third-order valence-electron chi connectivity index (χ3n) is 3.30. The first-order valence-corrected chi connectivity index (χ1v) is 6.84. The standard InChI is InChI=1S/C15H14IN/c1-10(2)11-7-8-15-13(9-11)12-5-3-4-6-14(12)17(15)16/h3-10H,1-2H3. The van der Waals surface area contributed by atoms with Crippen LogP contribution < -0.4 is 0 Å². The van der Waals surface area contributed by atoms with Gasteiger partial charge in [0.1, 0.15) is 0 Å². The third-order valence-corrected chi connectivity index (χ3v) is 4.34. The van der Waals surface area contributed by atoms with E-state index in [1.54, 1.807) is 0 Å². The van der Waals surface area contributed by atoms with Gasteiger partial charge in [0.05, 0.1) is 33.9 Å². The molecule has 3 aromatic rings. The van der Waals surface area contributed by atoms with Gasteiger partial charge in [-0.2, -0.15) is 0 Å². The maximum absolute atomic E-state index is 2.38. The maximum Gasteiger partial charge on any atom is 0.0646 e. The smallest absolute Gasteiger partial charge is 0.0646 e. The Balaban J connectivity index is 2.46. The van der Waals surface area contributed by atoms with Gasteiger partial charge in [-0.05, 0) is 29.7 Å². The van der Waals surface area contributed by atoms with Gasteiger partial charge in [-0.1, -0.05) is 38.1 Å². The van der Waals surface area contributed by atoms with Gasteiger partial charge in [0.25, 0.3) is 0 Å². The first-order chi connectivity index (χ1) is 8.18. The van der Waals surface area contributed by atoms with Crippen LogP contribution in [0.5, 0.6) is 0 Å². The van der Waals surface area contributed by atoms with Crippen LogP contribution >= 0.6 is 22.9 Å². The predicted molar refractivity (Wildman–Crippen MR) is 83.0 cm³/mol. The molecule has 0 bridgehead atoms. The average molecular weight is 335 g/mol. The summed E-state index contributed by atoms with van der Waals surface area (Å²) >= 11 is 2.38. The largest absolute Gasteiger partial charge is 0.282 e. The molecule has 0 aliphatic heterocycles. The Morgan fingerprint density at radius 2 is 1.65 bits per heavy atom. The van der Waals surface area contributed by atoms with Crippen molar-refractivity contribution in [3.63, 3.8) is 0 Å². The fourth-order valence-electron chi connectivity index (χ4n) is 2.30. The van der Waals surface area contributed by atoms with Gasteiger partial charge in [-0.25, -0.2) is 0 Å². The monoisotopic (exact) mass is 335 g/mol. The van der Waals surface area contributed by atoms with Crippen molar-refractivity contribution in [2.45, 2.75) is 19.8 Å². The Morgan fingerprint density at radius 3 is 2.41 bits per heavy atom. The highest BCUT2D eigenvalue weighted by Crippen LogP contribution is 2.32. The average Bonchev–Trinajstić information content (AvgIpc) is 2.64. The molecule has 0 aliphatic rings. The molecule has 2 aromatic carbocycles. The molecule has 0 unspecified atom stereocenters. The molecule has 2 heteroatoms. The number of nitrogens with zero attached hydrogens (tertiary/aromatic N) is 1. The molecule has 0 fully saturated rings. The minimum absolute atomic E-state index is 0.579. The van der Waals surface area contributed by atoms with Crippen LogP contribution in [-0.2, 0) is 0 Å². The summed E-state index contributed by atoms with van der Waals surface area (Å²) in [5, 5.41) is 2.71. The van der Waals surface area contributed by atoms with Gasteiger partial charge < -0.3 is 0 Å². The van der Waals surface area contributed by atoms with Crippen LogP contribution in [0.1, 0.15) is 25.3 Å². The molecule has 86 valence electrons. The van der Waals surface area contributed by atoms with Crippen LogP contribution in [0.3, 0.4) is 0 Å². The van der Waals surface area contributed by atoms with E-state index in [2.05, 4.69) is 82.0 Å². The second kappa shape index (κ2) is 4.02. The highest BCUT2D eigenvalue weighted by atomic mass is 127. The highest BCUT2D eigenvalue weighted by Gasteiger charge is 2.09. The summed E-state index contributed by atoms with van der Waals surface area (Å²) in [6.45, 7) is 4.48. The van der Waals surface area contributed by atoms with Crippen LogP contribution in [0.15, 0.2) is 42.5 Å². The van der Waals surface area contributed by atoms with Gasteiger partial charge in [0.2, 0.25) is 0 Å². The second-order valence-electron chi connectivity index (χ2n) is 4.73. The summed E-state index contributed by atoms with van der Waals surface area (Å²) in [7, 11) is 0. The molecule has 0 saturated heterocycles. The van der Waals surface area contributed by atoms with Crippen LogP contribution in [0.25, 0.3) is 21.8 Å². The van der Waals surface area contributed by atoms with Crippen molar-refractivity contribution in [3.05, 3.63) is 48.0 Å². The minimum atomic E-state index is 0.579. The first kappa shape index (κ1) is 11.1. The molecular weight excluding hydrogens is 321 g/mol. The van der Waals surface area contributed by atoms with E-state index in [1.807, 2.05) is 0 Å². The van der Waals surface area contributed by atoms with Crippen LogP contribution in [0.2, 0.25) is 0 Å². The Morgan fingerprint density at radius 1 is 0.941 bits per heavy atom. The molecule has 0 atom stereocenters. The Hall–Kier alpha value is -1.03. The molecule has 0 aliphatic carbocycles. The Bertz CT molecular complexity index is 695. The summed E-state index contributed by atoms with van der Waals surface area (Å²) in [5.74, 6) is 0.579. The molecule has 0 N–H and O–H groups in total. The Kier molecular flexibility index (Phi) is 2.62. The van der Waals surface area contributed by atoms with Crippen molar-refractivity contribution < 1.29 is 0 Å². The van der Waals surface area contributed by atoms with Gasteiger partial charge >= 0.3 is 0 Å². The van der Waals surface area contributed by atoms with E-state index in [4.69, 9.17) is 0 Å². The van der Waals surface area contributed by atoms with E-state index in [9.17, 15) is 0 Å². The van der Waals surface area contributed by atoms with E-state index in [1.165, 1.54) is 27.4 Å². The van der Waals surface area contributed by atoms with Crippen molar-refractivity contribution in [3.8, 4) is 0 Å². The Labute approximate surface area is 115 Å². The van der Waals surface area contributed by atoms with E-state index in [0.717, 1.165) is 0 Å². The van der Waals surface area contributed by atoms with Crippen molar-refractivity contribution in [2.24, 2.45) is 0 Å². The lowest BCUT2D eigenvalue weighted by Crippen LogP contribution is -1.86. The van der Waals surface area contributed by atoms with Crippen molar-refractivity contribution in [1.29, 1.82) is 0 Å². The number of aromatic nitrogens is 1. The van der Waals surface area contributed by atoms with Crippen molar-refractivity contribution >= 4 is 44.7 Å². The molecule has 0 spiro atoms. The molecule has 1 aromatic heterocycles. The normalized spacial score (nSPS) is 11.8. The molecule has 3 rings (SSSR count). The summed E-state index contributed by atoms with van der Waals surface area (Å²) in [5.41, 5.74) is 4.01. The fourth-order valence-corrected chi connectivity index (χ4v) is 3.14. The van der Waals surface area contributed by atoms with E-state index < -0.39 is 0 Å².